The quantitative estimate of drug-likeness (QED) is 0.550. The van der Waals surface area contributed by atoms with Gasteiger partial charge in [-0.05, 0) is 12.1 Å². The van der Waals surface area contributed by atoms with Crippen LogP contribution in [-0.4, -0.2) is 4.98 Å². The lowest BCUT2D eigenvalue weighted by Crippen LogP contribution is -1.58. The van der Waals surface area contributed by atoms with Crippen molar-refractivity contribution in [2.24, 2.45) is 0 Å². The van der Waals surface area contributed by atoms with Crippen LogP contribution in [0.4, 0.5) is 4.70 Å². The average molecular weight is 140 g/mol. The molecule has 0 aliphatic heterocycles. The molecule has 10 heavy (non-hydrogen) atoms. The molecule has 0 aliphatic carbocycles. The molecule has 0 aliphatic rings. The molecule has 0 bridgehead atoms. The van der Waals surface area contributed by atoms with Gasteiger partial charge in [-0.2, -0.15) is 5.26 Å². The molecule has 0 N–H and O–H groups in total. The molecule has 0 unspecified atom stereocenters. The summed E-state index contributed by atoms with van der Waals surface area (Å²) >= 11 is 0. The van der Waals surface area contributed by atoms with E-state index in [0.29, 0.717) is 0 Å². The molecule has 0 radical (unpaired) electrons. The minimum absolute atomic E-state index is 0. The van der Waals surface area contributed by atoms with Gasteiger partial charge in [0.1, 0.15) is 0 Å². The molecule has 1 aromatic rings. The first-order valence-electron chi connectivity index (χ1n) is 2.57. The third-order valence-electron chi connectivity index (χ3n) is 0.566. The standard InChI is InChI=1S/C5H5N.C2H3N.FH/c1-2-4-6-5-3-1;1-2-3;/h1-5H;1H3;1H. The third kappa shape index (κ3) is 9.76. The molecule has 0 spiro atoms. The topological polar surface area (TPSA) is 36.7 Å². The maximum Gasteiger partial charge on any atom is 0.0587 e. The van der Waals surface area contributed by atoms with Crippen LogP contribution in [0.25, 0.3) is 0 Å². The van der Waals surface area contributed by atoms with Crippen molar-refractivity contribution in [2.75, 3.05) is 0 Å². The molecule has 2 nitrogen and oxygen atoms in total. The van der Waals surface area contributed by atoms with E-state index in [-0.39, 0.29) is 4.70 Å². The molecule has 0 atom stereocenters. The third-order valence-corrected chi connectivity index (χ3v) is 0.566. The number of aromatic nitrogens is 1. The number of pyridine rings is 1. The molecule has 0 saturated carbocycles. The van der Waals surface area contributed by atoms with Gasteiger partial charge < -0.3 is 0 Å². The van der Waals surface area contributed by atoms with Gasteiger partial charge in [0, 0.05) is 19.3 Å². The Morgan fingerprint density at radius 3 is 1.70 bits per heavy atom. The van der Waals surface area contributed by atoms with Gasteiger partial charge in [0.15, 0.2) is 0 Å². The van der Waals surface area contributed by atoms with Gasteiger partial charge in [-0.25, -0.2) is 0 Å². The summed E-state index contributed by atoms with van der Waals surface area (Å²) in [6.45, 7) is 1.43. The summed E-state index contributed by atoms with van der Waals surface area (Å²) in [6, 6.07) is 7.47. The maximum atomic E-state index is 7.32. The number of rotatable bonds is 0. The number of hydrogen-bond donors (Lipinski definition) is 0. The summed E-state index contributed by atoms with van der Waals surface area (Å²) in [5.41, 5.74) is 0. The maximum absolute atomic E-state index is 7.32. The second-order valence-electron chi connectivity index (χ2n) is 1.25. The first-order chi connectivity index (χ1) is 4.41. The molecule has 0 saturated heterocycles. The zero-order chi connectivity index (χ0) is 6.95. The van der Waals surface area contributed by atoms with Crippen LogP contribution in [0.2, 0.25) is 0 Å². The Kier molecular flexibility index (Phi) is 12.0. The number of nitriles is 1. The summed E-state index contributed by atoms with van der Waals surface area (Å²) in [7, 11) is 0. The van der Waals surface area contributed by atoms with E-state index in [9.17, 15) is 0 Å². The van der Waals surface area contributed by atoms with Gasteiger partial charge in [0.2, 0.25) is 0 Å². The lowest BCUT2D eigenvalue weighted by Gasteiger charge is -1.70. The number of halogens is 1. The molecular formula is C7H9FN2. The minimum Gasteiger partial charge on any atom is -0.269 e. The first kappa shape index (κ1) is 11.4. The van der Waals surface area contributed by atoms with Crippen LogP contribution in [0, 0.1) is 11.3 Å². The predicted molar refractivity (Wildman–Crippen MR) is 38.0 cm³/mol. The van der Waals surface area contributed by atoms with E-state index in [4.69, 9.17) is 5.26 Å². The summed E-state index contributed by atoms with van der Waals surface area (Å²) in [5, 5.41) is 7.32. The highest BCUT2D eigenvalue weighted by molar-refractivity contribution is 4.88. The van der Waals surface area contributed by atoms with E-state index in [1.54, 1.807) is 18.5 Å². The highest BCUT2D eigenvalue weighted by Gasteiger charge is 1.58. The van der Waals surface area contributed by atoms with E-state index >= 15 is 0 Å². The van der Waals surface area contributed by atoms with Crippen molar-refractivity contribution in [3.63, 3.8) is 0 Å². The zero-order valence-corrected chi connectivity index (χ0v) is 5.69. The number of nitrogens with zero attached hydrogens (tertiary/aromatic N) is 2. The Labute approximate surface area is 59.5 Å². The summed E-state index contributed by atoms with van der Waals surface area (Å²) < 4.78 is 0. The predicted octanol–water partition coefficient (Wildman–Crippen LogP) is 1.76. The van der Waals surface area contributed by atoms with Gasteiger partial charge >= 0.3 is 0 Å². The van der Waals surface area contributed by atoms with Crippen molar-refractivity contribution in [1.82, 2.24) is 4.98 Å². The van der Waals surface area contributed by atoms with Gasteiger partial charge in [-0.15, -0.1) is 0 Å². The van der Waals surface area contributed by atoms with E-state index < -0.39 is 0 Å². The van der Waals surface area contributed by atoms with Crippen molar-refractivity contribution in [1.29, 1.82) is 5.26 Å². The smallest absolute Gasteiger partial charge is 0.0587 e. The molecule has 0 fully saturated rings. The van der Waals surface area contributed by atoms with Gasteiger partial charge in [0.25, 0.3) is 0 Å². The van der Waals surface area contributed by atoms with Crippen LogP contribution in [0.5, 0.6) is 0 Å². The Hall–Kier alpha value is -1.43. The molecular weight excluding hydrogens is 131 g/mol. The normalized spacial score (nSPS) is 5.60. The van der Waals surface area contributed by atoms with E-state index in [1.165, 1.54) is 6.92 Å². The highest BCUT2D eigenvalue weighted by Crippen LogP contribution is 1.73. The second-order valence-corrected chi connectivity index (χ2v) is 1.25. The van der Waals surface area contributed by atoms with Crippen LogP contribution < -0.4 is 0 Å². The van der Waals surface area contributed by atoms with Crippen molar-refractivity contribution >= 4 is 0 Å². The number of hydrogen-bond acceptors (Lipinski definition) is 2. The Balaban J connectivity index is 0. The highest BCUT2D eigenvalue weighted by atomic mass is 19.0. The minimum atomic E-state index is 0. The Morgan fingerprint density at radius 1 is 1.20 bits per heavy atom. The Bertz CT molecular complexity index is 142. The fourth-order valence-corrected chi connectivity index (χ4v) is 0.313. The van der Waals surface area contributed by atoms with Crippen molar-refractivity contribution in [3.8, 4) is 6.07 Å². The molecule has 1 aromatic heterocycles. The fraction of sp³-hybridized carbons (Fsp3) is 0.143. The molecule has 1 heterocycles. The van der Waals surface area contributed by atoms with Crippen LogP contribution in [0.1, 0.15) is 6.92 Å². The van der Waals surface area contributed by atoms with Crippen molar-refractivity contribution in [3.05, 3.63) is 30.6 Å². The molecule has 54 valence electrons. The summed E-state index contributed by atoms with van der Waals surface area (Å²) in [4.78, 5) is 3.78. The van der Waals surface area contributed by atoms with Gasteiger partial charge in [-0.3, -0.25) is 9.69 Å². The van der Waals surface area contributed by atoms with E-state index in [1.807, 2.05) is 18.2 Å². The lowest BCUT2D eigenvalue weighted by atomic mass is 10.5. The molecule has 0 amide bonds. The van der Waals surface area contributed by atoms with Gasteiger partial charge in [0.05, 0.1) is 6.07 Å². The van der Waals surface area contributed by atoms with Crippen LogP contribution in [0.3, 0.4) is 0 Å². The average Bonchev–Trinajstić information content (AvgIpc) is 1.93. The van der Waals surface area contributed by atoms with Crippen LogP contribution in [0.15, 0.2) is 30.6 Å². The molecule has 1 rings (SSSR count). The lowest BCUT2D eigenvalue weighted by molar-refractivity contribution is 1.11. The van der Waals surface area contributed by atoms with Crippen molar-refractivity contribution in [2.45, 2.75) is 6.92 Å². The zero-order valence-electron chi connectivity index (χ0n) is 5.69. The Morgan fingerprint density at radius 2 is 1.60 bits per heavy atom. The monoisotopic (exact) mass is 140 g/mol. The molecule has 3 heteroatoms. The van der Waals surface area contributed by atoms with Crippen LogP contribution >= 0.6 is 0 Å². The second kappa shape index (κ2) is 10.5. The summed E-state index contributed by atoms with van der Waals surface area (Å²) in [6.07, 6.45) is 3.50. The first-order valence-corrected chi connectivity index (χ1v) is 2.57. The SMILES string of the molecule is CC#N.F.c1ccncc1. The van der Waals surface area contributed by atoms with E-state index in [2.05, 4.69) is 4.98 Å². The van der Waals surface area contributed by atoms with E-state index in [0.717, 1.165) is 0 Å². The van der Waals surface area contributed by atoms with Crippen LogP contribution in [-0.2, 0) is 0 Å². The molecule has 0 aromatic carbocycles. The van der Waals surface area contributed by atoms with Gasteiger partial charge in [-0.1, -0.05) is 6.07 Å². The largest absolute Gasteiger partial charge is 0.269 e. The van der Waals surface area contributed by atoms with Crippen molar-refractivity contribution < 1.29 is 4.70 Å². The summed E-state index contributed by atoms with van der Waals surface area (Å²) in [5.74, 6) is 0. The fourth-order valence-electron chi connectivity index (χ4n) is 0.313.